The van der Waals surface area contributed by atoms with Gasteiger partial charge in [-0.05, 0) is 19.8 Å². The van der Waals surface area contributed by atoms with E-state index < -0.39 is 17.6 Å². The van der Waals surface area contributed by atoms with E-state index in [1.165, 1.54) is 6.33 Å². The Bertz CT molecular complexity index is 801. The summed E-state index contributed by atoms with van der Waals surface area (Å²) < 4.78 is 0. The summed E-state index contributed by atoms with van der Waals surface area (Å²) in [5.41, 5.74) is 0.479. The lowest BCUT2D eigenvalue weighted by atomic mass is 9.94. The van der Waals surface area contributed by atoms with Crippen molar-refractivity contribution < 1.29 is 9.59 Å². The highest BCUT2D eigenvalue weighted by Crippen LogP contribution is 2.27. The topological polar surface area (TPSA) is 124 Å². The number of hydrogen-bond acceptors (Lipinski definition) is 7. The van der Waals surface area contributed by atoms with E-state index in [-0.39, 0.29) is 6.04 Å². The second-order valence-electron chi connectivity index (χ2n) is 6.04. The van der Waals surface area contributed by atoms with Crippen LogP contribution in [0, 0.1) is 24.2 Å². The Balaban J connectivity index is 1.76. The minimum absolute atomic E-state index is 0.0530. The highest BCUT2D eigenvalue weighted by Gasteiger charge is 2.32. The number of nitrogens with zero attached hydrogens (tertiary/aromatic N) is 4. The Kier molecular flexibility index (Phi) is 5.19. The Morgan fingerprint density at radius 3 is 2.80 bits per heavy atom. The molecule has 0 saturated heterocycles. The summed E-state index contributed by atoms with van der Waals surface area (Å²) in [5.74, 6) is -1.94. The average molecular weight is 358 g/mol. The zero-order valence-corrected chi connectivity index (χ0v) is 14.6. The minimum Gasteiger partial charge on any atom is -0.352 e. The first-order valence-electron chi connectivity index (χ1n) is 8.17. The van der Waals surface area contributed by atoms with Gasteiger partial charge < -0.3 is 5.32 Å². The van der Waals surface area contributed by atoms with Gasteiger partial charge in [0.05, 0.1) is 16.6 Å². The van der Waals surface area contributed by atoms with E-state index in [2.05, 4.69) is 25.5 Å². The van der Waals surface area contributed by atoms with E-state index in [4.69, 9.17) is 0 Å². The number of nitrogens with one attached hydrogen (secondary N) is 2. The predicted octanol–water partition coefficient (Wildman–Crippen LogP) is 2.01. The molecule has 1 fully saturated rings. The second-order valence-corrected chi connectivity index (χ2v) is 7.04. The van der Waals surface area contributed by atoms with Gasteiger partial charge in [0.25, 0.3) is 0 Å². The summed E-state index contributed by atoms with van der Waals surface area (Å²) in [6, 6.07) is 1.90. The monoisotopic (exact) mass is 358 g/mol. The number of amides is 1. The SMILES string of the molecule is Cc1nc(-c2ncn[nH]2)sc1C(=O)C(C#N)C(=O)NC1CCCCC1. The number of H-pyrrole nitrogens is 1. The van der Waals surface area contributed by atoms with E-state index in [0.29, 0.717) is 21.4 Å². The molecule has 0 aliphatic heterocycles. The average Bonchev–Trinajstić information content (AvgIpc) is 3.25. The lowest BCUT2D eigenvalue weighted by molar-refractivity contribution is -0.123. The smallest absolute Gasteiger partial charge is 0.245 e. The van der Waals surface area contributed by atoms with Crippen LogP contribution in [0.2, 0.25) is 0 Å². The van der Waals surface area contributed by atoms with Gasteiger partial charge in [-0.25, -0.2) is 9.97 Å². The highest BCUT2D eigenvalue weighted by molar-refractivity contribution is 7.17. The quantitative estimate of drug-likeness (QED) is 0.622. The molecule has 3 rings (SSSR count). The minimum atomic E-state index is -1.36. The van der Waals surface area contributed by atoms with Crippen LogP contribution in [-0.4, -0.2) is 37.9 Å². The molecule has 1 aliphatic rings. The molecule has 25 heavy (non-hydrogen) atoms. The Labute approximate surface area is 148 Å². The maximum absolute atomic E-state index is 12.7. The van der Waals surface area contributed by atoms with E-state index in [9.17, 15) is 14.9 Å². The van der Waals surface area contributed by atoms with Crippen LogP contribution < -0.4 is 5.32 Å². The first-order valence-corrected chi connectivity index (χ1v) is 8.99. The predicted molar refractivity (Wildman–Crippen MR) is 90.7 cm³/mol. The van der Waals surface area contributed by atoms with Gasteiger partial charge in [-0.3, -0.25) is 14.7 Å². The molecule has 1 saturated carbocycles. The van der Waals surface area contributed by atoms with Crippen molar-refractivity contribution in [3.8, 4) is 16.9 Å². The maximum atomic E-state index is 12.7. The summed E-state index contributed by atoms with van der Waals surface area (Å²) in [4.78, 5) is 33.7. The van der Waals surface area contributed by atoms with Crippen LogP contribution in [0.4, 0.5) is 0 Å². The molecular formula is C16H18N6O2S. The Morgan fingerprint density at radius 2 is 2.16 bits per heavy atom. The summed E-state index contributed by atoms with van der Waals surface area (Å²) in [6.07, 6.45) is 6.43. The van der Waals surface area contributed by atoms with Crippen molar-refractivity contribution in [3.05, 3.63) is 16.9 Å². The van der Waals surface area contributed by atoms with Gasteiger partial charge in [0.1, 0.15) is 6.33 Å². The number of hydrogen-bond donors (Lipinski definition) is 2. The van der Waals surface area contributed by atoms with E-state index in [1.807, 2.05) is 6.07 Å². The molecule has 2 aromatic heterocycles. The third-order valence-electron chi connectivity index (χ3n) is 4.24. The molecule has 1 aliphatic carbocycles. The number of aryl methyl sites for hydroxylation is 1. The van der Waals surface area contributed by atoms with Gasteiger partial charge in [-0.1, -0.05) is 19.3 Å². The van der Waals surface area contributed by atoms with Crippen molar-refractivity contribution in [3.63, 3.8) is 0 Å². The summed E-state index contributed by atoms with van der Waals surface area (Å²) in [6.45, 7) is 1.68. The molecule has 2 aromatic rings. The number of aromatic amines is 1. The Morgan fingerprint density at radius 1 is 1.40 bits per heavy atom. The van der Waals surface area contributed by atoms with Crippen molar-refractivity contribution in [1.82, 2.24) is 25.5 Å². The zero-order valence-electron chi connectivity index (χ0n) is 13.8. The van der Waals surface area contributed by atoms with Crippen LogP contribution in [0.3, 0.4) is 0 Å². The Hall–Kier alpha value is -2.60. The van der Waals surface area contributed by atoms with E-state index in [1.54, 1.807) is 6.92 Å². The van der Waals surface area contributed by atoms with Crippen molar-refractivity contribution in [2.45, 2.75) is 45.1 Å². The van der Waals surface area contributed by atoms with Gasteiger partial charge in [0.2, 0.25) is 11.7 Å². The van der Waals surface area contributed by atoms with Crippen LogP contribution in [0.15, 0.2) is 6.33 Å². The number of carbonyl (C=O) groups excluding carboxylic acids is 2. The van der Waals surface area contributed by atoms with Crippen molar-refractivity contribution >= 4 is 23.0 Å². The standard InChI is InChI=1S/C16H18N6O2S/c1-9-13(25-16(20-9)14-18-8-19-22-14)12(23)11(7-17)15(24)21-10-5-3-2-4-6-10/h8,10-11H,2-6H2,1H3,(H,21,24)(H,18,19,22). The molecule has 0 bridgehead atoms. The summed E-state index contributed by atoms with van der Waals surface area (Å²) in [5, 5.41) is 19.2. The van der Waals surface area contributed by atoms with E-state index in [0.717, 1.165) is 43.4 Å². The summed E-state index contributed by atoms with van der Waals surface area (Å²) >= 11 is 1.11. The molecule has 0 radical (unpaired) electrons. The molecule has 1 atom stereocenters. The van der Waals surface area contributed by atoms with E-state index >= 15 is 0 Å². The molecule has 0 spiro atoms. The van der Waals surface area contributed by atoms with Crippen LogP contribution in [0.5, 0.6) is 0 Å². The largest absolute Gasteiger partial charge is 0.352 e. The fourth-order valence-corrected chi connectivity index (χ4v) is 3.92. The van der Waals surface area contributed by atoms with Crippen molar-refractivity contribution in [1.29, 1.82) is 5.26 Å². The molecule has 0 aromatic carbocycles. The van der Waals surface area contributed by atoms with Gasteiger partial charge in [-0.2, -0.15) is 10.4 Å². The van der Waals surface area contributed by atoms with Gasteiger partial charge in [0.15, 0.2) is 16.7 Å². The molecular weight excluding hydrogens is 340 g/mol. The lowest BCUT2D eigenvalue weighted by Gasteiger charge is -2.23. The molecule has 8 nitrogen and oxygen atoms in total. The summed E-state index contributed by atoms with van der Waals surface area (Å²) in [7, 11) is 0. The van der Waals surface area contributed by atoms with Crippen LogP contribution in [0.25, 0.3) is 10.8 Å². The number of thiazole rings is 1. The number of Topliss-reactive ketones (excluding diaryl/α,β-unsaturated/α-hetero) is 1. The normalized spacial score (nSPS) is 16.2. The number of aromatic nitrogens is 4. The fourth-order valence-electron chi connectivity index (χ4n) is 2.93. The van der Waals surface area contributed by atoms with Gasteiger partial charge in [0, 0.05) is 6.04 Å². The molecule has 2 heterocycles. The van der Waals surface area contributed by atoms with Crippen molar-refractivity contribution in [2.24, 2.45) is 5.92 Å². The number of carbonyl (C=O) groups is 2. The fraction of sp³-hybridized carbons (Fsp3) is 0.500. The molecule has 130 valence electrons. The van der Waals surface area contributed by atoms with Crippen LogP contribution in [0.1, 0.15) is 47.5 Å². The molecule has 1 unspecified atom stereocenters. The molecule has 1 amide bonds. The first kappa shape index (κ1) is 17.2. The molecule has 2 N–H and O–H groups in total. The second kappa shape index (κ2) is 7.53. The zero-order chi connectivity index (χ0) is 17.8. The van der Waals surface area contributed by atoms with Crippen LogP contribution >= 0.6 is 11.3 Å². The first-order chi connectivity index (χ1) is 12.1. The molecule has 9 heteroatoms. The van der Waals surface area contributed by atoms with Crippen molar-refractivity contribution in [2.75, 3.05) is 0 Å². The highest BCUT2D eigenvalue weighted by atomic mass is 32.1. The third-order valence-corrected chi connectivity index (χ3v) is 5.42. The van der Waals surface area contributed by atoms with Gasteiger partial charge in [-0.15, -0.1) is 11.3 Å². The third kappa shape index (κ3) is 3.74. The van der Waals surface area contributed by atoms with Gasteiger partial charge >= 0.3 is 0 Å². The lowest BCUT2D eigenvalue weighted by Crippen LogP contribution is -2.42. The maximum Gasteiger partial charge on any atom is 0.245 e. The van der Waals surface area contributed by atoms with Crippen LogP contribution in [-0.2, 0) is 4.79 Å². The number of nitriles is 1. The number of ketones is 1. The number of rotatable bonds is 5.